The molecule has 0 amide bonds. The van der Waals surface area contributed by atoms with E-state index < -0.39 is 9.05 Å². The summed E-state index contributed by atoms with van der Waals surface area (Å²) in [5, 5.41) is 9.28. The van der Waals surface area contributed by atoms with Crippen molar-refractivity contribution in [2.24, 2.45) is 0 Å². The molecule has 0 aliphatic carbocycles. The van der Waals surface area contributed by atoms with E-state index in [4.69, 9.17) is 15.4 Å². The first kappa shape index (κ1) is 14.4. The van der Waals surface area contributed by atoms with Gasteiger partial charge in [-0.15, -0.1) is 21.5 Å². The average molecular weight is 322 g/mol. The zero-order valence-electron chi connectivity index (χ0n) is 10.1. The smallest absolute Gasteiger partial charge is 0.296 e. The van der Waals surface area contributed by atoms with Crippen LogP contribution in [0.15, 0.2) is 22.7 Å². The van der Waals surface area contributed by atoms with Crippen molar-refractivity contribution in [2.45, 2.75) is 18.1 Å². The summed E-state index contributed by atoms with van der Waals surface area (Å²) < 4.78 is 29.3. The minimum Gasteiger partial charge on any atom is -0.383 e. The SMILES string of the molecule is COCCn1c(Cc2cccs2)nnc1S(=O)(=O)Cl. The Bertz CT molecular complexity index is 637. The van der Waals surface area contributed by atoms with E-state index in [9.17, 15) is 8.42 Å². The molecule has 0 N–H and O–H groups in total. The molecule has 0 aromatic carbocycles. The van der Waals surface area contributed by atoms with Crippen LogP contribution >= 0.6 is 22.0 Å². The van der Waals surface area contributed by atoms with Gasteiger partial charge in [-0.25, -0.2) is 8.42 Å². The third-order valence-electron chi connectivity index (χ3n) is 2.44. The van der Waals surface area contributed by atoms with Crippen molar-refractivity contribution in [1.82, 2.24) is 14.8 Å². The molecule has 0 bridgehead atoms. The fourth-order valence-electron chi connectivity index (χ4n) is 1.61. The molecule has 2 rings (SSSR count). The van der Waals surface area contributed by atoms with Crippen LogP contribution in [-0.2, 0) is 26.8 Å². The lowest BCUT2D eigenvalue weighted by atomic mass is 10.3. The zero-order chi connectivity index (χ0) is 13.9. The van der Waals surface area contributed by atoms with Crippen LogP contribution in [-0.4, -0.2) is 36.9 Å². The van der Waals surface area contributed by atoms with Crippen LogP contribution in [0.25, 0.3) is 0 Å². The second-order valence-corrected chi connectivity index (χ2v) is 7.23. The van der Waals surface area contributed by atoms with Crippen molar-refractivity contribution in [3.63, 3.8) is 0 Å². The van der Waals surface area contributed by atoms with Gasteiger partial charge in [-0.05, 0) is 11.4 Å². The van der Waals surface area contributed by atoms with Gasteiger partial charge in [0.1, 0.15) is 5.82 Å². The van der Waals surface area contributed by atoms with Crippen LogP contribution in [0.2, 0.25) is 0 Å². The molecular formula is C10H12ClN3O3S2. The van der Waals surface area contributed by atoms with Crippen LogP contribution in [0.1, 0.15) is 10.7 Å². The summed E-state index contributed by atoms with van der Waals surface area (Å²) in [6, 6.07) is 3.88. The van der Waals surface area contributed by atoms with E-state index >= 15 is 0 Å². The molecule has 0 aliphatic rings. The van der Waals surface area contributed by atoms with Gasteiger partial charge in [0, 0.05) is 35.6 Å². The standard InChI is InChI=1S/C10H12ClN3O3S2/c1-17-5-4-14-9(7-8-3-2-6-18-8)12-13-10(14)19(11,15)16/h2-3,6H,4-5,7H2,1H3. The molecule has 0 spiro atoms. The molecule has 0 fully saturated rings. The van der Waals surface area contributed by atoms with Crippen molar-refractivity contribution in [1.29, 1.82) is 0 Å². The molecule has 2 heterocycles. The number of rotatable bonds is 6. The summed E-state index contributed by atoms with van der Waals surface area (Å²) in [5.74, 6) is 0.554. The van der Waals surface area contributed by atoms with Crippen LogP contribution in [0.3, 0.4) is 0 Å². The van der Waals surface area contributed by atoms with Crippen LogP contribution in [0.4, 0.5) is 0 Å². The van der Waals surface area contributed by atoms with Gasteiger partial charge in [-0.3, -0.25) is 4.57 Å². The lowest BCUT2D eigenvalue weighted by molar-refractivity contribution is 0.183. The number of hydrogen-bond donors (Lipinski definition) is 0. The van der Waals surface area contributed by atoms with Gasteiger partial charge in [-0.2, -0.15) is 0 Å². The van der Waals surface area contributed by atoms with E-state index in [1.165, 1.54) is 11.7 Å². The van der Waals surface area contributed by atoms with E-state index in [0.29, 0.717) is 25.4 Å². The molecule has 19 heavy (non-hydrogen) atoms. The van der Waals surface area contributed by atoms with E-state index in [0.717, 1.165) is 4.88 Å². The molecule has 0 atom stereocenters. The van der Waals surface area contributed by atoms with Crippen LogP contribution in [0, 0.1) is 0 Å². The van der Waals surface area contributed by atoms with Crippen LogP contribution < -0.4 is 0 Å². The highest BCUT2D eigenvalue weighted by molar-refractivity contribution is 8.13. The Labute approximate surface area is 119 Å². The van der Waals surface area contributed by atoms with Crippen molar-refractivity contribution >= 4 is 31.1 Å². The normalized spacial score (nSPS) is 11.9. The Kier molecular flexibility index (Phi) is 4.56. The highest BCUT2D eigenvalue weighted by atomic mass is 35.7. The predicted molar refractivity (Wildman–Crippen MR) is 72.1 cm³/mol. The Hall–Kier alpha value is -0.960. The summed E-state index contributed by atoms with van der Waals surface area (Å²) in [6.45, 7) is 0.695. The molecule has 0 unspecified atom stereocenters. The number of aromatic nitrogens is 3. The lowest BCUT2D eigenvalue weighted by Crippen LogP contribution is -2.13. The second kappa shape index (κ2) is 6.00. The maximum atomic E-state index is 11.4. The Morgan fingerprint density at radius 1 is 1.47 bits per heavy atom. The summed E-state index contributed by atoms with van der Waals surface area (Å²) >= 11 is 1.57. The first-order valence-electron chi connectivity index (χ1n) is 5.40. The van der Waals surface area contributed by atoms with E-state index in [1.54, 1.807) is 11.3 Å². The van der Waals surface area contributed by atoms with E-state index in [-0.39, 0.29) is 5.16 Å². The Balaban J connectivity index is 2.35. The molecule has 6 nitrogen and oxygen atoms in total. The molecule has 9 heteroatoms. The number of halogens is 1. The summed E-state index contributed by atoms with van der Waals surface area (Å²) in [7, 11) is 2.98. The number of thiophene rings is 1. The van der Waals surface area contributed by atoms with Crippen LogP contribution in [0.5, 0.6) is 0 Å². The molecule has 0 aliphatic heterocycles. The number of nitrogens with zero attached hydrogens (tertiary/aromatic N) is 3. The largest absolute Gasteiger partial charge is 0.383 e. The third kappa shape index (κ3) is 3.53. The van der Waals surface area contributed by atoms with Gasteiger partial charge in [0.15, 0.2) is 0 Å². The van der Waals surface area contributed by atoms with E-state index in [2.05, 4.69) is 10.2 Å². The lowest BCUT2D eigenvalue weighted by Gasteiger charge is -2.07. The maximum absolute atomic E-state index is 11.4. The first-order chi connectivity index (χ1) is 9.02. The van der Waals surface area contributed by atoms with Gasteiger partial charge in [0.2, 0.25) is 0 Å². The number of ether oxygens (including phenoxy) is 1. The summed E-state index contributed by atoms with van der Waals surface area (Å²) in [6.07, 6.45) is 0.515. The van der Waals surface area contributed by atoms with Gasteiger partial charge >= 0.3 is 0 Å². The van der Waals surface area contributed by atoms with Gasteiger partial charge in [0.25, 0.3) is 14.2 Å². The first-order valence-corrected chi connectivity index (χ1v) is 8.59. The number of methoxy groups -OCH3 is 1. The predicted octanol–water partition coefficient (Wildman–Crippen LogP) is 1.50. The molecular weight excluding hydrogens is 310 g/mol. The topological polar surface area (TPSA) is 74.1 Å². The Morgan fingerprint density at radius 2 is 2.26 bits per heavy atom. The summed E-state index contributed by atoms with van der Waals surface area (Å²) in [5.41, 5.74) is 0. The zero-order valence-corrected chi connectivity index (χ0v) is 12.5. The monoisotopic (exact) mass is 321 g/mol. The number of hydrogen-bond acceptors (Lipinski definition) is 6. The highest BCUT2D eigenvalue weighted by Crippen LogP contribution is 2.18. The van der Waals surface area contributed by atoms with Crippen molar-refractivity contribution < 1.29 is 13.2 Å². The van der Waals surface area contributed by atoms with Gasteiger partial charge < -0.3 is 4.74 Å². The molecule has 2 aromatic rings. The van der Waals surface area contributed by atoms with Crippen molar-refractivity contribution in [3.8, 4) is 0 Å². The molecule has 2 aromatic heterocycles. The second-order valence-electron chi connectivity index (χ2n) is 3.74. The molecule has 0 saturated heterocycles. The summed E-state index contributed by atoms with van der Waals surface area (Å²) in [4.78, 5) is 1.07. The van der Waals surface area contributed by atoms with Crippen molar-refractivity contribution in [3.05, 3.63) is 28.2 Å². The van der Waals surface area contributed by atoms with Gasteiger partial charge in [-0.1, -0.05) is 6.07 Å². The Morgan fingerprint density at radius 3 is 2.84 bits per heavy atom. The third-order valence-corrected chi connectivity index (χ3v) is 4.47. The minimum atomic E-state index is -3.91. The molecule has 104 valence electrons. The maximum Gasteiger partial charge on any atom is 0.296 e. The van der Waals surface area contributed by atoms with E-state index in [1.807, 2.05) is 17.5 Å². The molecule has 0 radical (unpaired) electrons. The minimum absolute atomic E-state index is 0.238. The van der Waals surface area contributed by atoms with Crippen molar-refractivity contribution in [2.75, 3.05) is 13.7 Å². The molecule has 0 saturated carbocycles. The average Bonchev–Trinajstić information content (AvgIpc) is 2.96. The quantitative estimate of drug-likeness (QED) is 0.754. The fourth-order valence-corrected chi connectivity index (χ4v) is 3.25. The fraction of sp³-hybridized carbons (Fsp3) is 0.400. The highest BCUT2D eigenvalue weighted by Gasteiger charge is 2.22. The van der Waals surface area contributed by atoms with Gasteiger partial charge in [0.05, 0.1) is 6.61 Å².